The van der Waals surface area contributed by atoms with Crippen LogP contribution < -0.4 is 19.7 Å². The second-order valence-electron chi connectivity index (χ2n) is 8.87. The van der Waals surface area contributed by atoms with Crippen LogP contribution in [0, 0.1) is 11.7 Å². The van der Waals surface area contributed by atoms with Gasteiger partial charge < -0.3 is 24.6 Å². The molecule has 3 aliphatic rings. The molecule has 0 aromatic heterocycles. The van der Waals surface area contributed by atoms with Gasteiger partial charge in [-0.15, -0.1) is 0 Å². The molecule has 3 aliphatic heterocycles. The van der Waals surface area contributed by atoms with Gasteiger partial charge in [0.25, 0.3) is 5.91 Å². The molecule has 2 saturated heterocycles. The van der Waals surface area contributed by atoms with Gasteiger partial charge >= 0.3 is 0 Å². The maximum Gasteiger partial charge on any atom is 0.251 e. The Bertz CT molecular complexity index is 1120. The van der Waals surface area contributed by atoms with E-state index in [1.807, 2.05) is 4.90 Å². The third-order valence-corrected chi connectivity index (χ3v) is 6.64. The minimum Gasteiger partial charge on any atom is -0.454 e. The zero-order valence-electron chi connectivity index (χ0n) is 19.2. The summed E-state index contributed by atoms with van der Waals surface area (Å²) in [6, 6.07) is 10.9. The van der Waals surface area contributed by atoms with Crippen LogP contribution in [0.1, 0.15) is 16.8 Å². The highest BCUT2D eigenvalue weighted by Gasteiger charge is 2.37. The number of amides is 3. The lowest BCUT2D eigenvalue weighted by Crippen LogP contribution is -2.51. The molecule has 0 bridgehead atoms. The van der Waals surface area contributed by atoms with Gasteiger partial charge in [0.2, 0.25) is 18.6 Å². The van der Waals surface area contributed by atoms with Crippen molar-refractivity contribution < 1.29 is 28.2 Å². The van der Waals surface area contributed by atoms with Crippen LogP contribution in [-0.2, 0) is 9.59 Å². The van der Waals surface area contributed by atoms with Crippen molar-refractivity contribution in [2.75, 3.05) is 57.5 Å². The third-order valence-electron chi connectivity index (χ3n) is 6.64. The molecule has 2 aromatic rings. The second-order valence-corrected chi connectivity index (χ2v) is 8.87. The molecular formula is C25H27FN4O5. The highest BCUT2D eigenvalue weighted by Crippen LogP contribution is 2.32. The molecule has 0 saturated carbocycles. The number of piperazine rings is 1. The van der Waals surface area contributed by atoms with Crippen LogP contribution in [0.25, 0.3) is 0 Å². The molecule has 2 fully saturated rings. The maximum absolute atomic E-state index is 13.2. The largest absolute Gasteiger partial charge is 0.454 e. The Morgan fingerprint density at radius 3 is 2.51 bits per heavy atom. The number of carbonyl (C=O) groups excluding carboxylic acids is 3. The molecule has 1 N–H and O–H groups in total. The van der Waals surface area contributed by atoms with E-state index in [-0.39, 0.29) is 42.7 Å². The van der Waals surface area contributed by atoms with E-state index in [2.05, 4.69) is 10.2 Å². The van der Waals surface area contributed by atoms with E-state index in [1.54, 1.807) is 35.2 Å². The van der Waals surface area contributed by atoms with E-state index in [4.69, 9.17) is 9.47 Å². The van der Waals surface area contributed by atoms with Crippen molar-refractivity contribution in [2.24, 2.45) is 5.92 Å². The molecule has 5 rings (SSSR count). The number of benzene rings is 2. The fourth-order valence-electron chi connectivity index (χ4n) is 4.66. The number of halogens is 1. The first-order valence-corrected chi connectivity index (χ1v) is 11.7. The van der Waals surface area contributed by atoms with Crippen LogP contribution in [0.3, 0.4) is 0 Å². The summed E-state index contributed by atoms with van der Waals surface area (Å²) in [6.45, 7) is 4.21. The number of fused-ring (bicyclic) bond motifs is 1. The number of anilines is 1. The van der Waals surface area contributed by atoms with Gasteiger partial charge in [0, 0.05) is 63.5 Å². The van der Waals surface area contributed by atoms with Gasteiger partial charge in [-0.25, -0.2) is 4.39 Å². The van der Waals surface area contributed by atoms with Crippen LogP contribution in [0.5, 0.6) is 11.5 Å². The van der Waals surface area contributed by atoms with E-state index in [0.717, 1.165) is 0 Å². The normalized spacial score (nSPS) is 19.8. The van der Waals surface area contributed by atoms with Gasteiger partial charge in [0.15, 0.2) is 11.5 Å². The Hall–Kier alpha value is -3.66. The standard InChI is InChI=1S/C25H27FN4O5/c26-19-2-4-20(5-3-19)30-15-18(14-23(30)31)25(33)29-11-9-28(10-12-29)8-7-27-24(32)17-1-6-21-22(13-17)35-16-34-21/h1-6,13,18H,7-12,14-16H2,(H,27,32). The molecule has 10 heteroatoms. The van der Waals surface area contributed by atoms with Crippen LogP contribution >= 0.6 is 0 Å². The molecule has 9 nitrogen and oxygen atoms in total. The zero-order chi connectivity index (χ0) is 24.4. The lowest BCUT2D eigenvalue weighted by Gasteiger charge is -2.35. The molecule has 2 aromatic carbocycles. The van der Waals surface area contributed by atoms with Gasteiger partial charge in [-0.1, -0.05) is 0 Å². The van der Waals surface area contributed by atoms with Crippen molar-refractivity contribution in [2.45, 2.75) is 6.42 Å². The van der Waals surface area contributed by atoms with E-state index in [0.29, 0.717) is 68.6 Å². The average molecular weight is 483 g/mol. The first-order chi connectivity index (χ1) is 17.0. The Morgan fingerprint density at radius 2 is 1.74 bits per heavy atom. The molecule has 3 amide bonds. The smallest absolute Gasteiger partial charge is 0.251 e. The Kier molecular flexibility index (Phi) is 6.54. The first-order valence-electron chi connectivity index (χ1n) is 11.7. The Balaban J connectivity index is 1.05. The molecule has 0 spiro atoms. The first kappa shape index (κ1) is 23.1. The van der Waals surface area contributed by atoms with Crippen molar-refractivity contribution in [1.29, 1.82) is 0 Å². The molecule has 35 heavy (non-hydrogen) atoms. The maximum atomic E-state index is 13.2. The summed E-state index contributed by atoms with van der Waals surface area (Å²) in [5.74, 6) is 0.153. The number of carbonyl (C=O) groups is 3. The predicted octanol–water partition coefficient (Wildman–Crippen LogP) is 1.48. The number of hydrogen-bond donors (Lipinski definition) is 1. The molecule has 0 radical (unpaired) electrons. The van der Waals surface area contributed by atoms with Gasteiger partial charge in [-0.05, 0) is 42.5 Å². The molecule has 3 heterocycles. The predicted molar refractivity (Wildman–Crippen MR) is 125 cm³/mol. The summed E-state index contributed by atoms with van der Waals surface area (Å²) in [4.78, 5) is 43.5. The Morgan fingerprint density at radius 1 is 1.00 bits per heavy atom. The van der Waals surface area contributed by atoms with Crippen LogP contribution in [0.15, 0.2) is 42.5 Å². The van der Waals surface area contributed by atoms with E-state index >= 15 is 0 Å². The monoisotopic (exact) mass is 482 g/mol. The van der Waals surface area contributed by atoms with Gasteiger partial charge in [0.05, 0.1) is 5.92 Å². The fraction of sp³-hybridized carbons (Fsp3) is 0.400. The van der Waals surface area contributed by atoms with Crippen LogP contribution in [-0.4, -0.2) is 80.1 Å². The number of nitrogens with one attached hydrogen (secondary N) is 1. The van der Waals surface area contributed by atoms with E-state index in [1.165, 1.54) is 12.1 Å². The minimum atomic E-state index is -0.389. The molecule has 1 atom stereocenters. The number of rotatable bonds is 6. The minimum absolute atomic E-state index is 0.0151. The zero-order valence-corrected chi connectivity index (χ0v) is 19.2. The lowest BCUT2D eigenvalue weighted by molar-refractivity contribution is -0.137. The average Bonchev–Trinajstić information content (AvgIpc) is 3.50. The van der Waals surface area contributed by atoms with Crippen molar-refractivity contribution in [3.63, 3.8) is 0 Å². The van der Waals surface area contributed by atoms with Crippen molar-refractivity contribution in [1.82, 2.24) is 15.1 Å². The molecular weight excluding hydrogens is 455 g/mol. The Labute approximate surface area is 202 Å². The fourth-order valence-corrected chi connectivity index (χ4v) is 4.66. The second kappa shape index (κ2) is 9.91. The van der Waals surface area contributed by atoms with Gasteiger partial charge in [-0.3, -0.25) is 19.3 Å². The highest BCUT2D eigenvalue weighted by atomic mass is 19.1. The molecule has 184 valence electrons. The van der Waals surface area contributed by atoms with Gasteiger partial charge in [-0.2, -0.15) is 0 Å². The van der Waals surface area contributed by atoms with Crippen molar-refractivity contribution in [3.05, 3.63) is 53.8 Å². The SMILES string of the molecule is O=C(NCCN1CCN(C(=O)C2CC(=O)N(c3ccc(F)cc3)C2)CC1)c1ccc2c(c1)OCO2. The van der Waals surface area contributed by atoms with Crippen LogP contribution in [0.4, 0.5) is 10.1 Å². The van der Waals surface area contributed by atoms with Crippen molar-refractivity contribution >= 4 is 23.4 Å². The van der Waals surface area contributed by atoms with E-state index in [9.17, 15) is 18.8 Å². The topological polar surface area (TPSA) is 91.4 Å². The summed E-state index contributed by atoms with van der Waals surface area (Å²) in [5.41, 5.74) is 1.13. The molecule has 0 aliphatic carbocycles. The number of ether oxygens (including phenoxy) is 2. The lowest BCUT2D eigenvalue weighted by atomic mass is 10.1. The van der Waals surface area contributed by atoms with Crippen molar-refractivity contribution in [3.8, 4) is 11.5 Å². The summed E-state index contributed by atoms with van der Waals surface area (Å²) in [6.07, 6.45) is 0.169. The summed E-state index contributed by atoms with van der Waals surface area (Å²) < 4.78 is 23.8. The van der Waals surface area contributed by atoms with E-state index < -0.39 is 0 Å². The summed E-state index contributed by atoms with van der Waals surface area (Å²) >= 11 is 0. The quantitative estimate of drug-likeness (QED) is 0.671. The number of hydrogen-bond acceptors (Lipinski definition) is 6. The summed E-state index contributed by atoms with van der Waals surface area (Å²) in [7, 11) is 0. The highest BCUT2D eigenvalue weighted by molar-refractivity contribution is 6.00. The molecule has 1 unspecified atom stereocenters. The third kappa shape index (κ3) is 5.07. The summed E-state index contributed by atoms with van der Waals surface area (Å²) in [5, 5.41) is 2.92. The van der Waals surface area contributed by atoms with Crippen LogP contribution in [0.2, 0.25) is 0 Å². The van der Waals surface area contributed by atoms with Gasteiger partial charge in [0.1, 0.15) is 5.82 Å². The number of nitrogens with zero attached hydrogens (tertiary/aromatic N) is 3.